The van der Waals surface area contributed by atoms with Crippen LogP contribution < -0.4 is 20.3 Å². The zero-order chi connectivity index (χ0) is 21.2. The predicted octanol–water partition coefficient (Wildman–Crippen LogP) is 3.34. The maximum atomic E-state index is 5.54. The molecule has 2 aliphatic rings. The van der Waals surface area contributed by atoms with Gasteiger partial charge in [0.25, 0.3) is 0 Å². The summed E-state index contributed by atoms with van der Waals surface area (Å²) in [5.74, 6) is 2.50. The van der Waals surface area contributed by atoms with E-state index < -0.39 is 0 Å². The number of aliphatic imine (C=N–C) groups is 1. The molecule has 0 amide bonds. The molecule has 0 spiro atoms. The number of anilines is 1. The number of rotatable bonds is 9. The van der Waals surface area contributed by atoms with Gasteiger partial charge in [-0.05, 0) is 64.1 Å². The SMILES string of the molecule is CCNC(=NCC1CCN(c2ccccc2OC)C1)NCCCN1CCCCC1C. The van der Waals surface area contributed by atoms with Gasteiger partial charge in [-0.25, -0.2) is 0 Å². The molecule has 2 atom stereocenters. The largest absolute Gasteiger partial charge is 0.495 e. The maximum absolute atomic E-state index is 5.54. The Morgan fingerprint density at radius 2 is 2.03 bits per heavy atom. The summed E-state index contributed by atoms with van der Waals surface area (Å²) in [7, 11) is 1.75. The lowest BCUT2D eigenvalue weighted by Crippen LogP contribution is -2.41. The molecule has 3 rings (SSSR count). The van der Waals surface area contributed by atoms with Crippen molar-refractivity contribution in [3.8, 4) is 5.75 Å². The smallest absolute Gasteiger partial charge is 0.191 e. The number of nitrogens with one attached hydrogen (secondary N) is 2. The van der Waals surface area contributed by atoms with Crippen molar-refractivity contribution in [1.82, 2.24) is 15.5 Å². The quantitative estimate of drug-likeness (QED) is 0.368. The molecular formula is C24H41N5O. The third kappa shape index (κ3) is 6.53. The van der Waals surface area contributed by atoms with Crippen LogP contribution in [0.1, 0.15) is 46.0 Å². The number of guanidine groups is 1. The minimum absolute atomic E-state index is 0.583. The lowest BCUT2D eigenvalue weighted by molar-refractivity contribution is 0.159. The van der Waals surface area contributed by atoms with Crippen LogP contribution in [0.3, 0.4) is 0 Å². The molecule has 6 heteroatoms. The third-order valence-electron chi connectivity index (χ3n) is 6.42. The fourth-order valence-electron chi connectivity index (χ4n) is 4.63. The number of ether oxygens (including phenoxy) is 1. The standard InChI is InChI=1S/C24H41N5O/c1-4-25-24(26-14-9-16-28-15-8-7-10-20(28)2)27-18-21-13-17-29(19-21)22-11-5-6-12-23(22)30-3/h5-6,11-12,20-21H,4,7-10,13-19H2,1-3H3,(H2,25,26,27). The molecule has 6 nitrogen and oxygen atoms in total. The summed E-state index contributed by atoms with van der Waals surface area (Å²) in [6.45, 7) is 11.8. The molecule has 30 heavy (non-hydrogen) atoms. The van der Waals surface area contributed by atoms with Crippen molar-refractivity contribution in [2.24, 2.45) is 10.9 Å². The molecule has 0 aromatic heterocycles. The first-order valence-corrected chi connectivity index (χ1v) is 11.9. The lowest BCUT2D eigenvalue weighted by atomic mass is 10.0. The number of methoxy groups -OCH3 is 1. The Morgan fingerprint density at radius 1 is 1.17 bits per heavy atom. The van der Waals surface area contributed by atoms with E-state index in [1.165, 1.54) is 50.9 Å². The lowest BCUT2D eigenvalue weighted by Gasteiger charge is -2.33. The van der Waals surface area contributed by atoms with Crippen LogP contribution in [0.15, 0.2) is 29.3 Å². The highest BCUT2D eigenvalue weighted by atomic mass is 16.5. The maximum Gasteiger partial charge on any atom is 0.191 e. The third-order valence-corrected chi connectivity index (χ3v) is 6.42. The van der Waals surface area contributed by atoms with E-state index in [-0.39, 0.29) is 0 Å². The number of nitrogens with zero attached hydrogens (tertiary/aromatic N) is 3. The summed E-state index contributed by atoms with van der Waals surface area (Å²) in [5.41, 5.74) is 1.20. The fourth-order valence-corrected chi connectivity index (χ4v) is 4.63. The molecule has 0 radical (unpaired) electrons. The Labute approximate surface area is 183 Å². The molecule has 2 saturated heterocycles. The van der Waals surface area contributed by atoms with Gasteiger partial charge < -0.3 is 25.2 Å². The second-order valence-corrected chi connectivity index (χ2v) is 8.65. The van der Waals surface area contributed by atoms with Crippen molar-refractivity contribution >= 4 is 11.6 Å². The van der Waals surface area contributed by atoms with Crippen molar-refractivity contribution in [2.75, 3.05) is 57.8 Å². The van der Waals surface area contributed by atoms with Crippen LogP contribution >= 0.6 is 0 Å². The van der Waals surface area contributed by atoms with Crippen LogP contribution in [-0.4, -0.2) is 69.8 Å². The van der Waals surface area contributed by atoms with Gasteiger partial charge in [-0.15, -0.1) is 0 Å². The number of hydrogen-bond acceptors (Lipinski definition) is 4. The van der Waals surface area contributed by atoms with Crippen molar-refractivity contribution in [2.45, 2.75) is 52.0 Å². The topological polar surface area (TPSA) is 52.1 Å². The van der Waals surface area contributed by atoms with E-state index in [1.54, 1.807) is 7.11 Å². The Kier molecular flexibility index (Phi) is 9.12. The van der Waals surface area contributed by atoms with Crippen molar-refractivity contribution in [3.63, 3.8) is 0 Å². The van der Waals surface area contributed by atoms with Crippen LogP contribution in [0.5, 0.6) is 5.75 Å². The first-order chi connectivity index (χ1) is 14.7. The first-order valence-electron chi connectivity index (χ1n) is 11.9. The van der Waals surface area contributed by atoms with Crippen LogP contribution in [0.4, 0.5) is 5.69 Å². The highest BCUT2D eigenvalue weighted by Crippen LogP contribution is 2.31. The monoisotopic (exact) mass is 415 g/mol. The zero-order valence-corrected chi connectivity index (χ0v) is 19.2. The van der Waals surface area contributed by atoms with Gasteiger partial charge in [0.2, 0.25) is 0 Å². The average molecular weight is 416 g/mol. The van der Waals surface area contributed by atoms with E-state index in [2.05, 4.69) is 46.4 Å². The second kappa shape index (κ2) is 12.0. The second-order valence-electron chi connectivity index (χ2n) is 8.65. The van der Waals surface area contributed by atoms with E-state index in [4.69, 9.17) is 9.73 Å². The molecule has 0 aliphatic carbocycles. The molecule has 0 bridgehead atoms. The fraction of sp³-hybridized carbons (Fsp3) is 0.708. The first kappa shape index (κ1) is 22.7. The Balaban J connectivity index is 1.43. The van der Waals surface area contributed by atoms with E-state index >= 15 is 0 Å². The highest BCUT2D eigenvalue weighted by Gasteiger charge is 2.24. The summed E-state index contributed by atoms with van der Waals surface area (Å²) in [6.07, 6.45) is 6.44. The van der Waals surface area contributed by atoms with Gasteiger partial charge in [-0.1, -0.05) is 18.6 Å². The molecule has 2 heterocycles. The molecule has 0 saturated carbocycles. The molecular weight excluding hydrogens is 374 g/mol. The molecule has 168 valence electrons. The Bertz CT molecular complexity index is 665. The minimum Gasteiger partial charge on any atom is -0.495 e. The van der Waals surface area contributed by atoms with Crippen LogP contribution in [0, 0.1) is 5.92 Å². The number of hydrogen-bond donors (Lipinski definition) is 2. The number of para-hydroxylation sites is 2. The van der Waals surface area contributed by atoms with Gasteiger partial charge in [-0.2, -0.15) is 0 Å². The van der Waals surface area contributed by atoms with Gasteiger partial charge in [0.1, 0.15) is 5.75 Å². The van der Waals surface area contributed by atoms with Crippen molar-refractivity contribution in [1.29, 1.82) is 0 Å². The van der Waals surface area contributed by atoms with Crippen LogP contribution in [-0.2, 0) is 0 Å². The predicted molar refractivity (Wildman–Crippen MR) is 127 cm³/mol. The Hall–Kier alpha value is -1.95. The van der Waals surface area contributed by atoms with Gasteiger partial charge in [0, 0.05) is 45.3 Å². The van der Waals surface area contributed by atoms with Gasteiger partial charge in [0.05, 0.1) is 12.8 Å². The molecule has 2 fully saturated rings. The molecule has 1 aromatic carbocycles. The number of piperidine rings is 1. The van der Waals surface area contributed by atoms with Gasteiger partial charge >= 0.3 is 0 Å². The summed E-state index contributed by atoms with van der Waals surface area (Å²) in [6, 6.07) is 9.05. The minimum atomic E-state index is 0.583. The number of benzene rings is 1. The normalized spacial score (nSPS) is 22.9. The van der Waals surface area contributed by atoms with E-state index in [0.29, 0.717) is 5.92 Å². The zero-order valence-electron chi connectivity index (χ0n) is 19.2. The summed E-state index contributed by atoms with van der Waals surface area (Å²) in [4.78, 5) is 9.96. The summed E-state index contributed by atoms with van der Waals surface area (Å²) >= 11 is 0. The van der Waals surface area contributed by atoms with Crippen LogP contribution in [0.2, 0.25) is 0 Å². The van der Waals surface area contributed by atoms with E-state index in [9.17, 15) is 0 Å². The van der Waals surface area contributed by atoms with E-state index in [0.717, 1.165) is 50.5 Å². The molecule has 2 unspecified atom stereocenters. The van der Waals surface area contributed by atoms with Crippen molar-refractivity contribution < 1.29 is 4.74 Å². The Morgan fingerprint density at radius 3 is 2.83 bits per heavy atom. The summed E-state index contributed by atoms with van der Waals surface area (Å²) < 4.78 is 5.54. The molecule has 2 aliphatic heterocycles. The average Bonchev–Trinajstić information content (AvgIpc) is 3.25. The van der Waals surface area contributed by atoms with Crippen molar-refractivity contribution in [3.05, 3.63) is 24.3 Å². The van der Waals surface area contributed by atoms with Gasteiger partial charge in [-0.3, -0.25) is 4.99 Å². The number of likely N-dealkylation sites (tertiary alicyclic amines) is 1. The molecule has 1 aromatic rings. The van der Waals surface area contributed by atoms with E-state index in [1.807, 2.05) is 12.1 Å². The summed E-state index contributed by atoms with van der Waals surface area (Å²) in [5, 5.41) is 6.95. The highest BCUT2D eigenvalue weighted by molar-refractivity contribution is 5.79. The van der Waals surface area contributed by atoms with Crippen LogP contribution in [0.25, 0.3) is 0 Å². The molecule has 2 N–H and O–H groups in total. The van der Waals surface area contributed by atoms with Gasteiger partial charge in [0.15, 0.2) is 5.96 Å².